The van der Waals surface area contributed by atoms with Crippen LogP contribution in [0.25, 0.3) is 0 Å². The fourth-order valence-corrected chi connectivity index (χ4v) is 3.37. The molecular weight excluding hydrogens is 286 g/mol. The third-order valence-corrected chi connectivity index (χ3v) is 4.80. The van der Waals surface area contributed by atoms with Gasteiger partial charge in [-0.1, -0.05) is 35.9 Å². The zero-order chi connectivity index (χ0) is 14.7. The minimum atomic E-state index is 0.116. The number of thioether (sulfide) groups is 1. The van der Waals surface area contributed by atoms with Gasteiger partial charge in [-0.2, -0.15) is 0 Å². The number of rotatable bonds is 4. The van der Waals surface area contributed by atoms with Gasteiger partial charge >= 0.3 is 0 Å². The van der Waals surface area contributed by atoms with Gasteiger partial charge < -0.3 is 5.32 Å². The van der Waals surface area contributed by atoms with E-state index in [0.717, 1.165) is 10.6 Å². The van der Waals surface area contributed by atoms with Crippen molar-refractivity contribution in [1.29, 1.82) is 0 Å². The van der Waals surface area contributed by atoms with Crippen LogP contribution in [0.5, 0.6) is 0 Å². The molecule has 0 aromatic heterocycles. The molecule has 0 fully saturated rings. The molecular formula is C17H20ClNS. The van der Waals surface area contributed by atoms with Gasteiger partial charge in [0.15, 0.2) is 0 Å². The van der Waals surface area contributed by atoms with E-state index in [2.05, 4.69) is 61.8 Å². The van der Waals surface area contributed by atoms with Gasteiger partial charge in [0.25, 0.3) is 0 Å². The molecule has 1 unspecified atom stereocenters. The molecule has 0 saturated heterocycles. The number of hydrogen-bond donors (Lipinski definition) is 1. The first-order chi connectivity index (χ1) is 9.58. The van der Waals surface area contributed by atoms with E-state index >= 15 is 0 Å². The average Bonchev–Trinajstić information content (AvgIpc) is 2.45. The minimum absolute atomic E-state index is 0.116. The van der Waals surface area contributed by atoms with Crippen LogP contribution in [0.2, 0.25) is 5.02 Å². The molecule has 1 atom stereocenters. The smallest absolute Gasteiger partial charge is 0.0600 e. The van der Waals surface area contributed by atoms with Gasteiger partial charge in [-0.15, -0.1) is 11.8 Å². The second-order valence-corrected chi connectivity index (χ2v) is 6.18. The maximum Gasteiger partial charge on any atom is 0.0600 e. The van der Waals surface area contributed by atoms with Crippen molar-refractivity contribution in [2.24, 2.45) is 0 Å². The van der Waals surface area contributed by atoms with Gasteiger partial charge in [-0.05, 0) is 61.5 Å². The fourth-order valence-electron chi connectivity index (χ4n) is 2.41. The Morgan fingerprint density at radius 2 is 1.70 bits per heavy atom. The highest BCUT2D eigenvalue weighted by Crippen LogP contribution is 2.34. The first-order valence-electron chi connectivity index (χ1n) is 6.65. The van der Waals surface area contributed by atoms with Gasteiger partial charge in [0.1, 0.15) is 0 Å². The normalized spacial score (nSPS) is 12.4. The number of hydrogen-bond acceptors (Lipinski definition) is 2. The predicted molar refractivity (Wildman–Crippen MR) is 90.1 cm³/mol. The molecule has 0 heterocycles. The van der Waals surface area contributed by atoms with Crippen LogP contribution in [0.15, 0.2) is 41.3 Å². The first kappa shape index (κ1) is 15.4. The monoisotopic (exact) mass is 305 g/mol. The van der Waals surface area contributed by atoms with Crippen molar-refractivity contribution in [3.05, 3.63) is 63.7 Å². The number of benzene rings is 2. The lowest BCUT2D eigenvalue weighted by atomic mass is 9.95. The third kappa shape index (κ3) is 3.03. The fraction of sp³-hybridized carbons (Fsp3) is 0.294. The average molecular weight is 306 g/mol. The molecule has 106 valence electrons. The molecule has 3 heteroatoms. The summed E-state index contributed by atoms with van der Waals surface area (Å²) < 4.78 is 0. The van der Waals surface area contributed by atoms with Crippen LogP contribution in [-0.4, -0.2) is 13.3 Å². The lowest BCUT2D eigenvalue weighted by Crippen LogP contribution is -2.19. The SMILES string of the molecule is CNC(c1cc(C)c(C)cc1Cl)c1ccccc1SC. The highest BCUT2D eigenvalue weighted by molar-refractivity contribution is 7.98. The molecule has 0 saturated carbocycles. The molecule has 1 N–H and O–H groups in total. The van der Waals surface area contributed by atoms with E-state index in [1.165, 1.54) is 21.6 Å². The lowest BCUT2D eigenvalue weighted by Gasteiger charge is -2.22. The minimum Gasteiger partial charge on any atom is -0.309 e. The lowest BCUT2D eigenvalue weighted by molar-refractivity contribution is 0.679. The standard InChI is InChI=1S/C17H20ClNS/c1-11-9-14(15(18)10-12(11)2)17(19-3)13-7-5-6-8-16(13)20-4/h5-10,17,19H,1-4H3. The number of aryl methyl sites for hydroxylation is 2. The summed E-state index contributed by atoms with van der Waals surface area (Å²) in [4.78, 5) is 1.28. The number of halogens is 1. The molecule has 2 aromatic carbocycles. The first-order valence-corrected chi connectivity index (χ1v) is 8.25. The highest BCUT2D eigenvalue weighted by Gasteiger charge is 2.18. The summed E-state index contributed by atoms with van der Waals surface area (Å²) >= 11 is 8.24. The van der Waals surface area contributed by atoms with Gasteiger partial charge in [-0.25, -0.2) is 0 Å². The molecule has 0 bridgehead atoms. The van der Waals surface area contributed by atoms with Crippen LogP contribution in [0.1, 0.15) is 28.3 Å². The summed E-state index contributed by atoms with van der Waals surface area (Å²) in [5, 5.41) is 4.22. The zero-order valence-electron chi connectivity index (χ0n) is 12.3. The Balaban J connectivity index is 2.55. The number of nitrogens with one attached hydrogen (secondary N) is 1. The van der Waals surface area contributed by atoms with E-state index < -0.39 is 0 Å². The van der Waals surface area contributed by atoms with Crippen LogP contribution >= 0.6 is 23.4 Å². The highest BCUT2D eigenvalue weighted by atomic mass is 35.5. The van der Waals surface area contributed by atoms with Gasteiger partial charge in [0.2, 0.25) is 0 Å². The Kier molecular flexibility index (Phi) is 5.14. The second-order valence-electron chi connectivity index (χ2n) is 4.92. The summed E-state index contributed by atoms with van der Waals surface area (Å²) in [5.41, 5.74) is 4.91. The van der Waals surface area contributed by atoms with Crippen LogP contribution in [0.4, 0.5) is 0 Å². The third-order valence-electron chi connectivity index (χ3n) is 3.66. The van der Waals surface area contributed by atoms with E-state index in [1.54, 1.807) is 11.8 Å². The Morgan fingerprint density at radius 3 is 2.35 bits per heavy atom. The van der Waals surface area contributed by atoms with E-state index in [9.17, 15) is 0 Å². The largest absolute Gasteiger partial charge is 0.309 e. The van der Waals surface area contributed by atoms with Crippen LogP contribution in [-0.2, 0) is 0 Å². The molecule has 2 aromatic rings. The Hall–Kier alpha value is -0.960. The van der Waals surface area contributed by atoms with Crippen molar-refractivity contribution in [3.63, 3.8) is 0 Å². The molecule has 1 nitrogen and oxygen atoms in total. The van der Waals surface area contributed by atoms with E-state index in [0.29, 0.717) is 0 Å². The Morgan fingerprint density at radius 1 is 1.05 bits per heavy atom. The molecule has 0 aliphatic heterocycles. The molecule has 0 aliphatic carbocycles. The van der Waals surface area contributed by atoms with Crippen molar-refractivity contribution in [2.75, 3.05) is 13.3 Å². The quantitative estimate of drug-likeness (QED) is 0.799. The van der Waals surface area contributed by atoms with Gasteiger partial charge in [0, 0.05) is 9.92 Å². The molecule has 0 amide bonds. The van der Waals surface area contributed by atoms with Crippen LogP contribution in [0.3, 0.4) is 0 Å². The van der Waals surface area contributed by atoms with Crippen molar-refractivity contribution >= 4 is 23.4 Å². The maximum atomic E-state index is 6.47. The Labute approximate surface area is 130 Å². The summed E-state index contributed by atoms with van der Waals surface area (Å²) in [6, 6.07) is 12.8. The zero-order valence-corrected chi connectivity index (χ0v) is 13.9. The molecule has 2 rings (SSSR count). The van der Waals surface area contributed by atoms with Crippen molar-refractivity contribution in [3.8, 4) is 0 Å². The Bertz CT molecular complexity index is 610. The summed E-state index contributed by atoms with van der Waals surface area (Å²) in [6.07, 6.45) is 2.10. The molecule has 0 spiro atoms. The summed E-state index contributed by atoms with van der Waals surface area (Å²) in [5.74, 6) is 0. The molecule has 0 radical (unpaired) electrons. The summed E-state index contributed by atoms with van der Waals surface area (Å²) in [6.45, 7) is 4.22. The topological polar surface area (TPSA) is 12.0 Å². The maximum absolute atomic E-state index is 6.47. The van der Waals surface area contributed by atoms with Gasteiger partial charge in [0.05, 0.1) is 6.04 Å². The van der Waals surface area contributed by atoms with Crippen molar-refractivity contribution in [1.82, 2.24) is 5.32 Å². The van der Waals surface area contributed by atoms with E-state index in [-0.39, 0.29) is 6.04 Å². The molecule has 20 heavy (non-hydrogen) atoms. The molecule has 0 aliphatic rings. The van der Waals surface area contributed by atoms with E-state index in [4.69, 9.17) is 11.6 Å². The van der Waals surface area contributed by atoms with Crippen molar-refractivity contribution in [2.45, 2.75) is 24.8 Å². The van der Waals surface area contributed by atoms with Gasteiger partial charge in [-0.3, -0.25) is 0 Å². The van der Waals surface area contributed by atoms with Crippen LogP contribution < -0.4 is 5.32 Å². The van der Waals surface area contributed by atoms with E-state index in [1.807, 2.05) is 7.05 Å². The summed E-state index contributed by atoms with van der Waals surface area (Å²) in [7, 11) is 1.98. The predicted octanol–water partition coefficient (Wildman–Crippen LogP) is 4.99. The van der Waals surface area contributed by atoms with Crippen LogP contribution in [0, 0.1) is 13.8 Å². The second kappa shape index (κ2) is 6.66. The van der Waals surface area contributed by atoms with Crippen molar-refractivity contribution < 1.29 is 0 Å².